The van der Waals surface area contributed by atoms with Crippen LogP contribution in [0.4, 0.5) is 0 Å². The molecule has 4 nitrogen and oxygen atoms in total. The second kappa shape index (κ2) is 5.06. The third-order valence-electron chi connectivity index (χ3n) is 3.86. The van der Waals surface area contributed by atoms with Crippen LogP contribution >= 0.6 is 0 Å². The van der Waals surface area contributed by atoms with Gasteiger partial charge in [0.1, 0.15) is 17.2 Å². The third kappa shape index (κ3) is 1.90. The summed E-state index contributed by atoms with van der Waals surface area (Å²) < 4.78 is 16.1. The fourth-order valence-electron chi connectivity index (χ4n) is 2.62. The van der Waals surface area contributed by atoms with E-state index in [0.717, 1.165) is 36.3 Å². The van der Waals surface area contributed by atoms with Gasteiger partial charge in [-0.1, -0.05) is 6.42 Å². The summed E-state index contributed by atoms with van der Waals surface area (Å²) in [4.78, 5) is 0. The lowest BCUT2D eigenvalue weighted by Crippen LogP contribution is -2.38. The van der Waals surface area contributed by atoms with Crippen molar-refractivity contribution in [2.24, 2.45) is 0 Å². The van der Waals surface area contributed by atoms with Gasteiger partial charge in [-0.3, -0.25) is 0 Å². The van der Waals surface area contributed by atoms with Crippen LogP contribution in [-0.4, -0.2) is 33.0 Å². The van der Waals surface area contributed by atoms with Crippen LogP contribution in [0.3, 0.4) is 0 Å². The summed E-state index contributed by atoms with van der Waals surface area (Å²) in [5.74, 6) is 2.14. The fraction of sp³-hybridized carbons (Fsp3) is 0.571. The second-order valence-corrected chi connectivity index (χ2v) is 4.70. The van der Waals surface area contributed by atoms with Crippen molar-refractivity contribution in [3.05, 3.63) is 17.7 Å². The molecular weight excluding hydrogens is 232 g/mol. The van der Waals surface area contributed by atoms with Gasteiger partial charge in [0.25, 0.3) is 0 Å². The largest absolute Gasteiger partial charge is 0.496 e. The van der Waals surface area contributed by atoms with E-state index in [4.69, 9.17) is 14.2 Å². The molecule has 1 saturated carbocycles. The van der Waals surface area contributed by atoms with Gasteiger partial charge in [0.05, 0.1) is 27.9 Å². The number of hydrogen-bond acceptors (Lipinski definition) is 4. The first kappa shape index (κ1) is 13.0. The number of benzene rings is 1. The average Bonchev–Trinajstić information content (AvgIpc) is 2.37. The summed E-state index contributed by atoms with van der Waals surface area (Å²) in [5, 5.41) is 9.71. The Balaban J connectivity index is 2.56. The number of aliphatic hydroxyl groups excluding tert-OH is 1. The maximum absolute atomic E-state index is 9.71. The highest BCUT2D eigenvalue weighted by Gasteiger charge is 2.42. The van der Waals surface area contributed by atoms with E-state index in [-0.39, 0.29) is 12.0 Å². The Morgan fingerprint density at radius 1 is 1.06 bits per heavy atom. The Kier molecular flexibility index (Phi) is 3.66. The SMILES string of the molecule is COc1cc(OC)c(C2(CO)CCC2)c(OC)c1. The number of methoxy groups -OCH3 is 3. The molecule has 100 valence electrons. The maximum Gasteiger partial charge on any atom is 0.130 e. The first-order valence-corrected chi connectivity index (χ1v) is 6.12. The molecule has 0 atom stereocenters. The number of rotatable bonds is 5. The van der Waals surface area contributed by atoms with Gasteiger partial charge in [-0.15, -0.1) is 0 Å². The van der Waals surface area contributed by atoms with Crippen molar-refractivity contribution >= 4 is 0 Å². The summed E-state index contributed by atoms with van der Waals surface area (Å²) in [6.07, 6.45) is 3.05. The van der Waals surface area contributed by atoms with Crippen LogP contribution in [0.25, 0.3) is 0 Å². The number of aliphatic hydroxyl groups is 1. The number of hydrogen-bond donors (Lipinski definition) is 1. The van der Waals surface area contributed by atoms with Crippen molar-refractivity contribution < 1.29 is 19.3 Å². The van der Waals surface area contributed by atoms with E-state index in [2.05, 4.69) is 0 Å². The molecule has 1 aromatic rings. The topological polar surface area (TPSA) is 47.9 Å². The zero-order chi connectivity index (χ0) is 13.2. The van der Waals surface area contributed by atoms with Crippen molar-refractivity contribution in [3.63, 3.8) is 0 Å². The van der Waals surface area contributed by atoms with Crippen LogP contribution in [0.2, 0.25) is 0 Å². The zero-order valence-corrected chi connectivity index (χ0v) is 11.2. The van der Waals surface area contributed by atoms with E-state index in [1.807, 2.05) is 12.1 Å². The monoisotopic (exact) mass is 252 g/mol. The first-order valence-electron chi connectivity index (χ1n) is 6.12. The van der Waals surface area contributed by atoms with E-state index in [1.165, 1.54) is 0 Å². The Labute approximate surface area is 107 Å². The van der Waals surface area contributed by atoms with Gasteiger partial charge in [0, 0.05) is 23.1 Å². The quantitative estimate of drug-likeness (QED) is 0.872. The van der Waals surface area contributed by atoms with Crippen molar-refractivity contribution in [2.75, 3.05) is 27.9 Å². The summed E-state index contributed by atoms with van der Waals surface area (Å²) in [6, 6.07) is 3.68. The van der Waals surface area contributed by atoms with Gasteiger partial charge in [-0.25, -0.2) is 0 Å². The second-order valence-electron chi connectivity index (χ2n) is 4.70. The van der Waals surface area contributed by atoms with Crippen LogP contribution in [-0.2, 0) is 5.41 Å². The predicted molar refractivity (Wildman–Crippen MR) is 68.7 cm³/mol. The van der Waals surface area contributed by atoms with Crippen molar-refractivity contribution in [2.45, 2.75) is 24.7 Å². The molecule has 0 amide bonds. The molecule has 2 rings (SSSR count). The molecule has 0 unspecified atom stereocenters. The molecular formula is C14H20O4. The molecule has 1 fully saturated rings. The molecule has 0 saturated heterocycles. The van der Waals surface area contributed by atoms with Crippen LogP contribution in [0.15, 0.2) is 12.1 Å². The lowest BCUT2D eigenvalue weighted by Gasteiger charge is -2.42. The Bertz CT molecular complexity index is 393. The summed E-state index contributed by atoms with van der Waals surface area (Å²) in [7, 11) is 4.86. The molecule has 1 aliphatic carbocycles. The molecule has 0 bridgehead atoms. The van der Waals surface area contributed by atoms with Gasteiger partial charge in [0.2, 0.25) is 0 Å². The molecule has 0 radical (unpaired) electrons. The highest BCUT2D eigenvalue weighted by atomic mass is 16.5. The highest BCUT2D eigenvalue weighted by molar-refractivity contribution is 5.55. The summed E-state index contributed by atoms with van der Waals surface area (Å²) in [5.41, 5.74) is 0.741. The molecule has 4 heteroatoms. The Morgan fingerprint density at radius 3 is 1.89 bits per heavy atom. The van der Waals surface area contributed by atoms with E-state index in [9.17, 15) is 5.11 Å². The lowest BCUT2D eigenvalue weighted by molar-refractivity contribution is 0.114. The number of ether oxygens (including phenoxy) is 3. The normalized spacial score (nSPS) is 16.9. The summed E-state index contributed by atoms with van der Waals surface area (Å²) >= 11 is 0. The van der Waals surface area contributed by atoms with Crippen molar-refractivity contribution in [3.8, 4) is 17.2 Å². The van der Waals surface area contributed by atoms with E-state index >= 15 is 0 Å². The fourth-order valence-corrected chi connectivity index (χ4v) is 2.62. The maximum atomic E-state index is 9.71. The molecule has 18 heavy (non-hydrogen) atoms. The van der Waals surface area contributed by atoms with E-state index in [1.54, 1.807) is 21.3 Å². The minimum atomic E-state index is -0.219. The molecule has 0 aliphatic heterocycles. The highest BCUT2D eigenvalue weighted by Crippen LogP contribution is 2.51. The standard InChI is InChI=1S/C14H20O4/c1-16-10-7-11(17-2)13(12(8-10)18-3)14(9-15)5-4-6-14/h7-8,15H,4-6,9H2,1-3H3. The molecule has 1 aliphatic rings. The van der Waals surface area contributed by atoms with Gasteiger partial charge >= 0.3 is 0 Å². The van der Waals surface area contributed by atoms with Crippen molar-refractivity contribution in [1.29, 1.82) is 0 Å². The molecule has 1 N–H and O–H groups in total. The Morgan fingerprint density at radius 2 is 1.61 bits per heavy atom. The smallest absolute Gasteiger partial charge is 0.130 e. The minimum absolute atomic E-state index is 0.117. The average molecular weight is 252 g/mol. The van der Waals surface area contributed by atoms with E-state index in [0.29, 0.717) is 5.75 Å². The van der Waals surface area contributed by atoms with Crippen LogP contribution in [0.1, 0.15) is 24.8 Å². The van der Waals surface area contributed by atoms with Crippen LogP contribution < -0.4 is 14.2 Å². The van der Waals surface area contributed by atoms with Gasteiger partial charge in [-0.2, -0.15) is 0 Å². The van der Waals surface area contributed by atoms with Crippen LogP contribution in [0.5, 0.6) is 17.2 Å². The van der Waals surface area contributed by atoms with Gasteiger partial charge in [0.15, 0.2) is 0 Å². The van der Waals surface area contributed by atoms with Crippen molar-refractivity contribution in [1.82, 2.24) is 0 Å². The van der Waals surface area contributed by atoms with Crippen LogP contribution in [0, 0.1) is 0 Å². The first-order chi connectivity index (χ1) is 8.70. The molecule has 0 heterocycles. The minimum Gasteiger partial charge on any atom is -0.496 e. The lowest BCUT2D eigenvalue weighted by atomic mass is 9.64. The third-order valence-corrected chi connectivity index (χ3v) is 3.86. The Hall–Kier alpha value is -1.42. The molecule has 0 aromatic heterocycles. The molecule has 0 spiro atoms. The predicted octanol–water partition coefficient (Wildman–Crippen LogP) is 2.13. The van der Waals surface area contributed by atoms with Gasteiger partial charge < -0.3 is 19.3 Å². The summed E-state index contributed by atoms with van der Waals surface area (Å²) in [6.45, 7) is 0.117. The van der Waals surface area contributed by atoms with E-state index < -0.39 is 0 Å². The molecule has 1 aromatic carbocycles. The zero-order valence-electron chi connectivity index (χ0n) is 11.2. The van der Waals surface area contributed by atoms with Gasteiger partial charge in [-0.05, 0) is 12.8 Å².